The Morgan fingerprint density at radius 1 is 1.21 bits per heavy atom. The van der Waals surface area contributed by atoms with Gasteiger partial charge in [0.2, 0.25) is 11.7 Å². The van der Waals surface area contributed by atoms with Gasteiger partial charge >= 0.3 is 5.97 Å². The van der Waals surface area contributed by atoms with Gasteiger partial charge in [0.25, 0.3) is 11.6 Å². The Hall–Kier alpha value is -3.25. The van der Waals surface area contributed by atoms with Crippen LogP contribution in [0, 0.1) is 10.1 Å². The monoisotopic (exact) mass is 493 g/mol. The topological polar surface area (TPSA) is 145 Å². The molecule has 2 amide bonds. The largest absolute Gasteiger partial charge is 0.456 e. The van der Waals surface area contributed by atoms with E-state index in [1.54, 1.807) is 12.1 Å². The molecule has 0 saturated carbocycles. The van der Waals surface area contributed by atoms with Crippen LogP contribution in [0.3, 0.4) is 0 Å². The van der Waals surface area contributed by atoms with Gasteiger partial charge in [0.15, 0.2) is 6.61 Å². The smallest absolute Gasteiger partial charge is 0.329 e. The minimum atomic E-state index is -1.02. The first-order chi connectivity index (χ1) is 15.7. The zero-order valence-electron chi connectivity index (χ0n) is 18.0. The van der Waals surface area contributed by atoms with Gasteiger partial charge in [-0.3, -0.25) is 24.5 Å². The molecule has 2 aromatic rings. The van der Waals surface area contributed by atoms with Gasteiger partial charge in [0, 0.05) is 29.5 Å². The summed E-state index contributed by atoms with van der Waals surface area (Å²) in [6, 6.07) is 7.43. The number of thioether (sulfide) groups is 1. The van der Waals surface area contributed by atoms with Gasteiger partial charge in [-0.05, 0) is 36.6 Å². The summed E-state index contributed by atoms with van der Waals surface area (Å²) in [5.74, 6) is -1.48. The lowest BCUT2D eigenvalue weighted by Crippen LogP contribution is -2.42. The van der Waals surface area contributed by atoms with Gasteiger partial charge in [-0.2, -0.15) is 11.8 Å². The van der Waals surface area contributed by atoms with Crippen molar-refractivity contribution in [1.29, 1.82) is 0 Å². The molecule has 1 atom stereocenters. The van der Waals surface area contributed by atoms with E-state index in [1.807, 2.05) is 6.26 Å². The molecule has 0 spiro atoms. The predicted octanol–water partition coefficient (Wildman–Crippen LogP) is 2.57. The van der Waals surface area contributed by atoms with Crippen molar-refractivity contribution in [2.45, 2.75) is 25.9 Å². The Morgan fingerprint density at radius 2 is 1.97 bits per heavy atom. The summed E-state index contributed by atoms with van der Waals surface area (Å²) in [5, 5.41) is 16.1. The average Bonchev–Trinajstić information content (AvgIpc) is 3.27. The molecule has 0 aliphatic rings. The number of carbonyl (C=O) groups excluding carboxylic acids is 4. The number of benzene rings is 1. The number of thiophene rings is 1. The third-order valence-corrected chi connectivity index (χ3v) is 6.08. The van der Waals surface area contributed by atoms with Crippen LogP contribution in [-0.2, 0) is 20.9 Å². The van der Waals surface area contributed by atoms with E-state index in [0.717, 1.165) is 10.9 Å². The zero-order chi connectivity index (χ0) is 24.4. The standard InChI is InChI=1S/C21H23N3O7S2/c1-13(25)22-11-16-6-7-19(33-16)18(26)12-31-21(28)17(8-9-32-2)23-20(27)14-4-3-5-15(10-14)24(29)30/h3-7,10,17H,8-9,11-12H2,1-2H3,(H,22,25)(H,23,27)/t17-/m1/s1. The maximum Gasteiger partial charge on any atom is 0.329 e. The van der Waals surface area contributed by atoms with Crippen molar-refractivity contribution in [3.63, 3.8) is 0 Å². The average molecular weight is 494 g/mol. The van der Waals surface area contributed by atoms with Crippen molar-refractivity contribution < 1.29 is 28.8 Å². The van der Waals surface area contributed by atoms with Crippen molar-refractivity contribution in [2.75, 3.05) is 18.6 Å². The fraction of sp³-hybridized carbons (Fsp3) is 0.333. The van der Waals surface area contributed by atoms with E-state index in [9.17, 15) is 29.3 Å². The fourth-order valence-electron chi connectivity index (χ4n) is 2.63. The number of esters is 1. The number of hydrogen-bond acceptors (Lipinski definition) is 9. The first-order valence-electron chi connectivity index (χ1n) is 9.78. The Bertz CT molecular complexity index is 1040. The fourth-order valence-corrected chi connectivity index (χ4v) is 3.97. The van der Waals surface area contributed by atoms with E-state index in [4.69, 9.17) is 4.74 Å². The second kappa shape index (κ2) is 12.7. The van der Waals surface area contributed by atoms with Crippen molar-refractivity contribution in [2.24, 2.45) is 0 Å². The van der Waals surface area contributed by atoms with Crippen LogP contribution in [0.1, 0.15) is 38.3 Å². The highest BCUT2D eigenvalue weighted by molar-refractivity contribution is 7.98. The van der Waals surface area contributed by atoms with Gasteiger partial charge in [-0.25, -0.2) is 4.79 Å². The van der Waals surface area contributed by atoms with E-state index < -0.39 is 35.2 Å². The highest BCUT2D eigenvalue weighted by Crippen LogP contribution is 2.18. The Kier molecular flexibility index (Phi) is 10.0. The second-order valence-corrected chi connectivity index (χ2v) is 8.98. The second-order valence-electron chi connectivity index (χ2n) is 6.82. The highest BCUT2D eigenvalue weighted by atomic mass is 32.2. The molecule has 0 radical (unpaired) electrons. The lowest BCUT2D eigenvalue weighted by Gasteiger charge is -2.17. The number of ketones is 1. The number of nitrogens with zero attached hydrogens (tertiary/aromatic N) is 1. The first-order valence-corrected chi connectivity index (χ1v) is 12.0. The Labute approximate surface area is 198 Å². The van der Waals surface area contributed by atoms with Crippen LogP contribution in [0.25, 0.3) is 0 Å². The summed E-state index contributed by atoms with van der Waals surface area (Å²) in [4.78, 5) is 59.9. The van der Waals surface area contributed by atoms with Crippen LogP contribution in [-0.4, -0.2) is 53.1 Å². The number of nitro groups is 1. The lowest BCUT2D eigenvalue weighted by atomic mass is 10.1. The molecule has 1 aromatic carbocycles. The van der Waals surface area contributed by atoms with E-state index in [1.165, 1.54) is 48.2 Å². The number of hydrogen-bond donors (Lipinski definition) is 2. The summed E-state index contributed by atoms with van der Waals surface area (Å²) in [7, 11) is 0. The summed E-state index contributed by atoms with van der Waals surface area (Å²) < 4.78 is 5.14. The molecule has 12 heteroatoms. The molecule has 0 aliphatic carbocycles. The van der Waals surface area contributed by atoms with E-state index in [0.29, 0.717) is 17.2 Å². The van der Waals surface area contributed by atoms with Crippen molar-refractivity contribution in [3.05, 3.63) is 61.8 Å². The molecule has 0 fully saturated rings. The molecule has 2 N–H and O–H groups in total. The summed E-state index contributed by atoms with van der Waals surface area (Å²) in [5.41, 5.74) is -0.210. The molecule has 1 aromatic heterocycles. The van der Waals surface area contributed by atoms with Gasteiger partial charge in [-0.15, -0.1) is 11.3 Å². The molecule has 0 saturated heterocycles. The first kappa shape index (κ1) is 26.0. The summed E-state index contributed by atoms with van der Waals surface area (Å²) in [6.45, 7) is 1.19. The van der Waals surface area contributed by atoms with Crippen molar-refractivity contribution in [3.8, 4) is 0 Å². The van der Waals surface area contributed by atoms with Crippen LogP contribution in [0.2, 0.25) is 0 Å². The van der Waals surface area contributed by atoms with E-state index in [2.05, 4.69) is 10.6 Å². The maximum atomic E-state index is 12.6. The van der Waals surface area contributed by atoms with Gasteiger partial charge in [-0.1, -0.05) is 6.07 Å². The quantitative estimate of drug-likeness (QED) is 0.199. The number of nitro benzene ring substituents is 1. The molecular weight excluding hydrogens is 470 g/mol. The Balaban J connectivity index is 1.98. The predicted molar refractivity (Wildman–Crippen MR) is 124 cm³/mol. The molecule has 0 bridgehead atoms. The molecular formula is C21H23N3O7S2. The van der Waals surface area contributed by atoms with Crippen LogP contribution in [0.15, 0.2) is 36.4 Å². The molecule has 176 valence electrons. The van der Waals surface area contributed by atoms with E-state index in [-0.39, 0.29) is 23.6 Å². The lowest BCUT2D eigenvalue weighted by molar-refractivity contribution is -0.384. The van der Waals surface area contributed by atoms with Crippen molar-refractivity contribution in [1.82, 2.24) is 10.6 Å². The third kappa shape index (κ3) is 8.31. The summed E-state index contributed by atoms with van der Waals surface area (Å²) >= 11 is 2.65. The van der Waals surface area contributed by atoms with Crippen molar-refractivity contribution >= 4 is 52.4 Å². The number of carbonyl (C=O) groups is 4. The number of ether oxygens (including phenoxy) is 1. The van der Waals surface area contributed by atoms with Crippen LogP contribution in [0.5, 0.6) is 0 Å². The van der Waals surface area contributed by atoms with Crippen LogP contribution >= 0.6 is 23.1 Å². The molecule has 2 rings (SSSR count). The molecule has 0 unspecified atom stereocenters. The van der Waals surface area contributed by atoms with Gasteiger partial charge in [0.1, 0.15) is 6.04 Å². The molecule has 33 heavy (non-hydrogen) atoms. The zero-order valence-corrected chi connectivity index (χ0v) is 19.6. The van der Waals surface area contributed by atoms with E-state index >= 15 is 0 Å². The molecule has 0 aliphatic heterocycles. The third-order valence-electron chi connectivity index (χ3n) is 4.31. The number of nitrogens with one attached hydrogen (secondary N) is 2. The van der Waals surface area contributed by atoms with Gasteiger partial charge < -0.3 is 15.4 Å². The normalized spacial score (nSPS) is 11.3. The maximum absolute atomic E-state index is 12.6. The number of Topliss-reactive ketones (excluding diaryl/α,β-unsaturated/α-hetero) is 1. The number of non-ortho nitro benzene ring substituents is 1. The van der Waals surface area contributed by atoms with Crippen LogP contribution < -0.4 is 10.6 Å². The number of amides is 2. The Morgan fingerprint density at radius 3 is 2.64 bits per heavy atom. The highest BCUT2D eigenvalue weighted by Gasteiger charge is 2.24. The van der Waals surface area contributed by atoms with Crippen LogP contribution in [0.4, 0.5) is 5.69 Å². The SMILES string of the molecule is CSCC[C@@H](NC(=O)c1cccc([N+](=O)[O-])c1)C(=O)OCC(=O)c1ccc(CNC(C)=O)s1. The molecule has 1 heterocycles. The molecule has 10 nitrogen and oxygen atoms in total. The number of rotatable bonds is 12. The minimum Gasteiger partial charge on any atom is -0.456 e. The minimum absolute atomic E-state index is 0.0347. The summed E-state index contributed by atoms with van der Waals surface area (Å²) in [6.07, 6.45) is 2.10. The van der Waals surface area contributed by atoms with Gasteiger partial charge in [0.05, 0.1) is 16.3 Å².